The molecule has 0 aliphatic carbocycles. The molecule has 0 bridgehead atoms. The summed E-state index contributed by atoms with van der Waals surface area (Å²) in [6.45, 7) is 0.338. The number of carboxylic acids is 1. The van der Waals surface area contributed by atoms with E-state index in [1.807, 2.05) is 0 Å². The van der Waals surface area contributed by atoms with Crippen molar-refractivity contribution in [2.45, 2.75) is 6.42 Å². The van der Waals surface area contributed by atoms with Gasteiger partial charge < -0.3 is 15.2 Å². The van der Waals surface area contributed by atoms with Gasteiger partial charge in [-0.15, -0.1) is 0 Å². The van der Waals surface area contributed by atoms with E-state index in [1.54, 1.807) is 18.2 Å². The minimum Gasteiger partial charge on any atom is -0.478 e. The summed E-state index contributed by atoms with van der Waals surface area (Å²) in [6.07, 6.45) is 2.58. The van der Waals surface area contributed by atoms with Crippen molar-refractivity contribution >= 4 is 23.8 Å². The van der Waals surface area contributed by atoms with Crippen LogP contribution >= 0.6 is 0 Å². The molecule has 2 N–H and O–H groups in total. The number of rotatable bonds is 6. The van der Waals surface area contributed by atoms with Gasteiger partial charge in [0, 0.05) is 13.2 Å². The molecule has 1 aromatic rings. The first-order valence-corrected chi connectivity index (χ1v) is 5.28. The Morgan fingerprint density at radius 3 is 2.94 bits per heavy atom. The van der Waals surface area contributed by atoms with E-state index >= 15 is 0 Å². The minimum absolute atomic E-state index is 0.205. The molecule has 0 spiro atoms. The van der Waals surface area contributed by atoms with E-state index in [1.165, 1.54) is 13.2 Å². The number of methoxy groups -OCH3 is 1. The van der Waals surface area contributed by atoms with Gasteiger partial charge in [0.2, 0.25) is 5.91 Å². The van der Waals surface area contributed by atoms with Gasteiger partial charge in [-0.3, -0.25) is 4.79 Å². The second-order valence-electron chi connectivity index (χ2n) is 3.41. The molecule has 6 nitrogen and oxygen atoms in total. The van der Waals surface area contributed by atoms with Crippen LogP contribution in [0.2, 0.25) is 0 Å². The number of carbonyl (C=O) groups excluding carboxylic acids is 1. The molecule has 0 aliphatic rings. The van der Waals surface area contributed by atoms with Crippen LogP contribution in [-0.4, -0.2) is 35.7 Å². The van der Waals surface area contributed by atoms with Gasteiger partial charge in [0.15, 0.2) is 0 Å². The molecule has 96 valence electrons. The summed E-state index contributed by atoms with van der Waals surface area (Å²) in [7, 11) is 1.52. The fourth-order valence-electron chi connectivity index (χ4n) is 1.17. The van der Waals surface area contributed by atoms with Crippen molar-refractivity contribution in [3.63, 3.8) is 0 Å². The lowest BCUT2D eigenvalue weighted by Gasteiger charge is -2.04. The molecule has 1 aromatic heterocycles. The fraction of sp³-hybridized carbons (Fsp3) is 0.250. The maximum Gasteiger partial charge on any atom is 0.328 e. The first-order valence-electron chi connectivity index (χ1n) is 5.28. The Labute approximate surface area is 104 Å². The molecule has 1 rings (SSSR count). The van der Waals surface area contributed by atoms with E-state index < -0.39 is 5.97 Å². The minimum atomic E-state index is -1.05. The number of amides is 1. The molecule has 0 aromatic carbocycles. The van der Waals surface area contributed by atoms with E-state index in [9.17, 15) is 9.59 Å². The lowest BCUT2D eigenvalue weighted by atomic mass is 10.3. The molecule has 0 aliphatic heterocycles. The maximum absolute atomic E-state index is 11.4. The maximum atomic E-state index is 11.4. The van der Waals surface area contributed by atoms with Gasteiger partial charge in [-0.1, -0.05) is 6.07 Å². The summed E-state index contributed by atoms with van der Waals surface area (Å²) in [6, 6.07) is 4.95. The number of pyridine rings is 1. The average Bonchev–Trinajstić information content (AvgIpc) is 2.34. The number of hydrogen-bond donors (Lipinski definition) is 2. The highest BCUT2D eigenvalue weighted by Crippen LogP contribution is 2.06. The lowest BCUT2D eigenvalue weighted by Crippen LogP contribution is -2.14. The quantitative estimate of drug-likeness (QED) is 0.739. The molecule has 1 heterocycles. The fourth-order valence-corrected chi connectivity index (χ4v) is 1.17. The summed E-state index contributed by atoms with van der Waals surface area (Å²) >= 11 is 0. The van der Waals surface area contributed by atoms with Gasteiger partial charge in [-0.2, -0.15) is 0 Å². The van der Waals surface area contributed by atoms with E-state index in [0.29, 0.717) is 18.1 Å². The first-order chi connectivity index (χ1) is 8.61. The van der Waals surface area contributed by atoms with Gasteiger partial charge in [0.1, 0.15) is 5.82 Å². The van der Waals surface area contributed by atoms with Crippen molar-refractivity contribution in [2.24, 2.45) is 0 Å². The Hall–Kier alpha value is -2.21. The van der Waals surface area contributed by atoms with E-state index in [2.05, 4.69) is 10.3 Å². The smallest absolute Gasteiger partial charge is 0.328 e. The number of nitrogens with zero attached hydrogens (tertiary/aromatic N) is 1. The molecule has 0 saturated heterocycles. The number of anilines is 1. The molecule has 6 heteroatoms. The van der Waals surface area contributed by atoms with Crippen molar-refractivity contribution < 1.29 is 19.4 Å². The number of ether oxygens (including phenoxy) is 1. The number of aliphatic carboxylic acids is 1. The highest BCUT2D eigenvalue weighted by Gasteiger charge is 2.03. The van der Waals surface area contributed by atoms with Gasteiger partial charge in [0.05, 0.1) is 18.7 Å². The highest BCUT2D eigenvalue weighted by molar-refractivity contribution is 5.90. The van der Waals surface area contributed by atoms with Crippen LogP contribution in [0, 0.1) is 0 Å². The second-order valence-corrected chi connectivity index (χ2v) is 3.41. The van der Waals surface area contributed by atoms with Crippen LogP contribution in [0.3, 0.4) is 0 Å². The van der Waals surface area contributed by atoms with Crippen LogP contribution in [0.15, 0.2) is 24.3 Å². The first kappa shape index (κ1) is 13.9. The Bertz CT molecular complexity index is 457. The lowest BCUT2D eigenvalue weighted by molar-refractivity contribution is -0.131. The zero-order chi connectivity index (χ0) is 13.4. The monoisotopic (exact) mass is 250 g/mol. The molecule has 0 saturated carbocycles. The zero-order valence-electron chi connectivity index (χ0n) is 9.92. The number of hydrogen-bond acceptors (Lipinski definition) is 4. The molecule has 18 heavy (non-hydrogen) atoms. The third-order valence-electron chi connectivity index (χ3n) is 1.97. The van der Waals surface area contributed by atoms with Crippen molar-refractivity contribution in [1.29, 1.82) is 0 Å². The van der Waals surface area contributed by atoms with Crippen molar-refractivity contribution in [3.8, 4) is 0 Å². The Kier molecular flexibility index (Phi) is 5.53. The van der Waals surface area contributed by atoms with Gasteiger partial charge in [-0.25, -0.2) is 9.78 Å². The van der Waals surface area contributed by atoms with Crippen molar-refractivity contribution in [1.82, 2.24) is 4.98 Å². The molecular weight excluding hydrogens is 236 g/mol. The van der Waals surface area contributed by atoms with Crippen molar-refractivity contribution in [2.75, 3.05) is 19.0 Å². The summed E-state index contributed by atoms with van der Waals surface area (Å²) in [5.41, 5.74) is 0.460. The molecular formula is C12H14N2O4. The second kappa shape index (κ2) is 7.18. The Morgan fingerprint density at radius 2 is 2.28 bits per heavy atom. The highest BCUT2D eigenvalue weighted by atomic mass is 16.5. The summed E-state index contributed by atoms with van der Waals surface area (Å²) < 4.78 is 4.78. The van der Waals surface area contributed by atoms with Crippen molar-refractivity contribution in [3.05, 3.63) is 30.0 Å². The Balaban J connectivity index is 2.64. The number of nitrogens with one attached hydrogen (secondary N) is 1. The van der Waals surface area contributed by atoms with Crippen LogP contribution in [0.1, 0.15) is 12.1 Å². The number of aromatic nitrogens is 1. The Morgan fingerprint density at radius 1 is 1.50 bits per heavy atom. The normalized spacial score (nSPS) is 10.5. The van der Waals surface area contributed by atoms with Crippen LogP contribution in [-0.2, 0) is 14.3 Å². The number of carbonyl (C=O) groups is 2. The predicted octanol–water partition coefficient (Wildman–Crippen LogP) is 1.15. The standard InChI is InChI=1S/C12H14N2O4/c1-18-8-7-11(15)14-10-4-2-3-9(13-10)5-6-12(16)17/h2-6H,7-8H2,1H3,(H,16,17)(H,13,14,15). The molecule has 0 atom stereocenters. The van der Waals surface area contributed by atoms with E-state index in [4.69, 9.17) is 9.84 Å². The molecule has 0 fully saturated rings. The average molecular weight is 250 g/mol. The summed E-state index contributed by atoms with van der Waals surface area (Å²) in [4.78, 5) is 25.8. The molecule has 0 radical (unpaired) electrons. The number of carboxylic acid groups (broad SMARTS) is 1. The van der Waals surface area contributed by atoms with E-state index in [0.717, 1.165) is 6.08 Å². The predicted molar refractivity (Wildman–Crippen MR) is 66.0 cm³/mol. The van der Waals surface area contributed by atoms with Gasteiger partial charge >= 0.3 is 5.97 Å². The van der Waals surface area contributed by atoms with Crippen LogP contribution in [0.25, 0.3) is 6.08 Å². The van der Waals surface area contributed by atoms with Crippen LogP contribution in [0.4, 0.5) is 5.82 Å². The summed E-state index contributed by atoms with van der Waals surface area (Å²) in [5.74, 6) is -0.876. The SMILES string of the molecule is COCCC(=O)Nc1cccc(C=CC(=O)O)n1. The van der Waals surface area contributed by atoms with Gasteiger partial charge in [0.25, 0.3) is 0 Å². The van der Waals surface area contributed by atoms with Gasteiger partial charge in [-0.05, 0) is 18.2 Å². The summed E-state index contributed by atoms with van der Waals surface area (Å²) in [5, 5.41) is 11.1. The zero-order valence-corrected chi connectivity index (χ0v) is 9.92. The van der Waals surface area contributed by atoms with Crippen LogP contribution < -0.4 is 5.32 Å². The van der Waals surface area contributed by atoms with Crippen LogP contribution in [0.5, 0.6) is 0 Å². The molecule has 1 amide bonds. The molecule has 0 unspecified atom stereocenters. The third-order valence-corrected chi connectivity index (χ3v) is 1.97. The van der Waals surface area contributed by atoms with E-state index in [-0.39, 0.29) is 12.3 Å². The topological polar surface area (TPSA) is 88.5 Å². The third kappa shape index (κ3) is 5.22. The largest absolute Gasteiger partial charge is 0.478 e.